The lowest BCUT2D eigenvalue weighted by molar-refractivity contribution is 0.389. The van der Waals surface area contributed by atoms with Crippen LogP contribution < -0.4 is 15.2 Å². The van der Waals surface area contributed by atoms with Crippen molar-refractivity contribution >= 4 is 15.9 Å². The second-order valence-corrected chi connectivity index (χ2v) is 5.38. The van der Waals surface area contributed by atoms with Gasteiger partial charge in [-0.1, -0.05) is 0 Å². The minimum absolute atomic E-state index is 0.0921. The summed E-state index contributed by atoms with van der Waals surface area (Å²) < 4.78 is 11.9. The Kier molecular flexibility index (Phi) is 3.36. The number of methoxy groups -OCH3 is 2. The zero-order valence-electron chi connectivity index (χ0n) is 10.5. The van der Waals surface area contributed by atoms with Gasteiger partial charge >= 0.3 is 0 Å². The fourth-order valence-electron chi connectivity index (χ4n) is 2.24. The van der Waals surface area contributed by atoms with Gasteiger partial charge in [-0.15, -0.1) is 0 Å². The minimum Gasteiger partial charge on any atom is -0.496 e. The topological polar surface area (TPSA) is 44.5 Å². The third kappa shape index (κ3) is 1.93. The highest BCUT2D eigenvalue weighted by Crippen LogP contribution is 2.53. The van der Waals surface area contributed by atoms with Gasteiger partial charge in [0.2, 0.25) is 0 Å². The highest BCUT2D eigenvalue weighted by atomic mass is 79.9. The van der Waals surface area contributed by atoms with Gasteiger partial charge in [0.1, 0.15) is 11.5 Å². The highest BCUT2D eigenvalue weighted by molar-refractivity contribution is 9.10. The van der Waals surface area contributed by atoms with E-state index in [1.54, 1.807) is 14.2 Å². The molecule has 0 spiro atoms. The van der Waals surface area contributed by atoms with Gasteiger partial charge in [0.25, 0.3) is 0 Å². The number of hydrogen-bond acceptors (Lipinski definition) is 3. The van der Waals surface area contributed by atoms with Crippen LogP contribution in [0.1, 0.15) is 24.0 Å². The lowest BCUT2D eigenvalue weighted by atomic mass is 9.93. The van der Waals surface area contributed by atoms with Crippen LogP contribution in [0.3, 0.4) is 0 Å². The molecule has 1 aliphatic carbocycles. The van der Waals surface area contributed by atoms with Gasteiger partial charge in [-0.25, -0.2) is 0 Å². The third-order valence-corrected chi connectivity index (χ3v) is 4.61. The molecule has 0 saturated heterocycles. The molecule has 3 nitrogen and oxygen atoms in total. The molecule has 0 aromatic heterocycles. The molecule has 1 saturated carbocycles. The molecule has 0 aliphatic heterocycles. The molecular weight excluding hydrogens is 282 g/mol. The van der Waals surface area contributed by atoms with Crippen molar-refractivity contribution < 1.29 is 9.47 Å². The van der Waals surface area contributed by atoms with Gasteiger partial charge in [-0.05, 0) is 41.8 Å². The van der Waals surface area contributed by atoms with E-state index in [1.807, 2.05) is 6.92 Å². The fraction of sp³-hybridized carbons (Fsp3) is 0.538. The van der Waals surface area contributed by atoms with Crippen LogP contribution in [0.4, 0.5) is 0 Å². The van der Waals surface area contributed by atoms with E-state index in [2.05, 4.69) is 22.0 Å². The zero-order valence-corrected chi connectivity index (χ0v) is 12.1. The molecule has 1 aliphatic rings. The largest absolute Gasteiger partial charge is 0.496 e. The van der Waals surface area contributed by atoms with Crippen LogP contribution in [0.5, 0.6) is 11.5 Å². The molecule has 94 valence electrons. The predicted octanol–water partition coefficient (Wildman–Crippen LogP) is 2.77. The summed E-state index contributed by atoms with van der Waals surface area (Å²) in [4.78, 5) is 0. The first-order valence-electron chi connectivity index (χ1n) is 5.71. The lowest BCUT2D eigenvalue weighted by Gasteiger charge is -2.21. The Morgan fingerprint density at radius 3 is 2.41 bits per heavy atom. The van der Waals surface area contributed by atoms with Crippen molar-refractivity contribution in [2.75, 3.05) is 20.8 Å². The molecule has 4 heteroatoms. The van der Waals surface area contributed by atoms with E-state index >= 15 is 0 Å². The van der Waals surface area contributed by atoms with Crippen LogP contribution in [-0.2, 0) is 5.41 Å². The molecule has 0 amide bonds. The van der Waals surface area contributed by atoms with Crippen molar-refractivity contribution in [2.24, 2.45) is 5.73 Å². The van der Waals surface area contributed by atoms with Crippen LogP contribution in [0.15, 0.2) is 10.5 Å². The molecule has 17 heavy (non-hydrogen) atoms. The van der Waals surface area contributed by atoms with Crippen LogP contribution in [0.25, 0.3) is 0 Å². The Morgan fingerprint density at radius 2 is 2.00 bits per heavy atom. The van der Waals surface area contributed by atoms with E-state index in [4.69, 9.17) is 15.2 Å². The number of rotatable bonds is 4. The molecule has 0 unspecified atom stereocenters. The summed E-state index contributed by atoms with van der Waals surface area (Å²) in [5.41, 5.74) is 8.20. The number of ether oxygens (including phenoxy) is 2. The van der Waals surface area contributed by atoms with E-state index in [0.717, 1.165) is 39.9 Å². The van der Waals surface area contributed by atoms with Crippen LogP contribution in [-0.4, -0.2) is 20.8 Å². The first-order valence-corrected chi connectivity index (χ1v) is 6.50. The van der Waals surface area contributed by atoms with E-state index in [9.17, 15) is 0 Å². The summed E-state index contributed by atoms with van der Waals surface area (Å²) in [7, 11) is 3.38. The molecule has 2 rings (SSSR count). The molecule has 1 aromatic carbocycles. The number of hydrogen-bond donors (Lipinski definition) is 1. The van der Waals surface area contributed by atoms with Crippen LogP contribution in [0.2, 0.25) is 0 Å². The SMILES string of the molecule is COc1cc(C2(CN)CC2)c(OC)c(Br)c1C. The van der Waals surface area contributed by atoms with Crippen molar-refractivity contribution in [1.82, 2.24) is 0 Å². The first-order chi connectivity index (χ1) is 8.09. The summed E-state index contributed by atoms with van der Waals surface area (Å²) in [6, 6.07) is 2.07. The van der Waals surface area contributed by atoms with Gasteiger partial charge in [0.15, 0.2) is 0 Å². The quantitative estimate of drug-likeness (QED) is 0.930. The van der Waals surface area contributed by atoms with E-state index in [-0.39, 0.29) is 5.41 Å². The second-order valence-electron chi connectivity index (χ2n) is 4.58. The summed E-state index contributed by atoms with van der Waals surface area (Å²) in [6.45, 7) is 2.67. The van der Waals surface area contributed by atoms with Gasteiger partial charge in [0.05, 0.1) is 18.7 Å². The standard InChI is InChI=1S/C13H18BrNO2/c1-8-10(16-2)6-9(12(17-3)11(8)14)13(7-15)4-5-13/h6H,4-5,7,15H2,1-3H3. The maximum atomic E-state index is 5.89. The zero-order chi connectivity index (χ0) is 12.6. The second kappa shape index (κ2) is 4.50. The van der Waals surface area contributed by atoms with E-state index in [1.165, 1.54) is 0 Å². The predicted molar refractivity (Wildman–Crippen MR) is 71.9 cm³/mol. The molecule has 0 atom stereocenters. The third-order valence-electron chi connectivity index (χ3n) is 3.66. The molecule has 2 N–H and O–H groups in total. The Labute approximate surface area is 110 Å². The van der Waals surface area contributed by atoms with Crippen molar-refractivity contribution in [3.8, 4) is 11.5 Å². The summed E-state index contributed by atoms with van der Waals surface area (Å²) >= 11 is 3.59. The molecule has 0 bridgehead atoms. The molecule has 1 fully saturated rings. The average molecular weight is 300 g/mol. The van der Waals surface area contributed by atoms with Crippen LogP contribution in [0, 0.1) is 6.92 Å². The Bertz CT molecular complexity index is 442. The normalized spacial score (nSPS) is 16.8. The van der Waals surface area contributed by atoms with Crippen molar-refractivity contribution in [1.29, 1.82) is 0 Å². The summed E-state index contributed by atoms with van der Waals surface area (Å²) in [5.74, 6) is 1.78. The average Bonchev–Trinajstić information content (AvgIpc) is 3.13. The number of benzene rings is 1. The van der Waals surface area contributed by atoms with Crippen LogP contribution >= 0.6 is 15.9 Å². The van der Waals surface area contributed by atoms with Gasteiger partial charge in [-0.2, -0.15) is 0 Å². The Hall–Kier alpha value is -0.740. The van der Waals surface area contributed by atoms with E-state index in [0.29, 0.717) is 6.54 Å². The molecule has 0 heterocycles. The minimum atomic E-state index is 0.0921. The fourth-order valence-corrected chi connectivity index (χ4v) is 2.81. The summed E-state index contributed by atoms with van der Waals surface area (Å²) in [5, 5.41) is 0. The Morgan fingerprint density at radius 1 is 1.35 bits per heavy atom. The maximum Gasteiger partial charge on any atom is 0.137 e. The van der Waals surface area contributed by atoms with Crippen molar-refractivity contribution in [2.45, 2.75) is 25.2 Å². The maximum absolute atomic E-state index is 5.89. The molecule has 0 radical (unpaired) electrons. The van der Waals surface area contributed by atoms with Gasteiger partial charge < -0.3 is 15.2 Å². The van der Waals surface area contributed by atoms with Crippen molar-refractivity contribution in [3.63, 3.8) is 0 Å². The molecular formula is C13H18BrNO2. The van der Waals surface area contributed by atoms with E-state index < -0.39 is 0 Å². The highest BCUT2D eigenvalue weighted by Gasteiger charge is 2.45. The molecule has 1 aromatic rings. The monoisotopic (exact) mass is 299 g/mol. The van der Waals surface area contributed by atoms with Gasteiger partial charge in [0, 0.05) is 23.1 Å². The Balaban J connectivity index is 2.61. The number of halogens is 1. The number of nitrogens with two attached hydrogens (primary N) is 1. The smallest absolute Gasteiger partial charge is 0.137 e. The van der Waals surface area contributed by atoms with Gasteiger partial charge in [-0.3, -0.25) is 0 Å². The lowest BCUT2D eigenvalue weighted by Crippen LogP contribution is -2.21. The van der Waals surface area contributed by atoms with Crippen molar-refractivity contribution in [3.05, 3.63) is 21.7 Å². The first kappa shape index (κ1) is 12.7. The summed E-state index contributed by atoms with van der Waals surface area (Å²) in [6.07, 6.45) is 2.25.